The van der Waals surface area contributed by atoms with Gasteiger partial charge in [0, 0.05) is 28.5 Å². The molecule has 1 aliphatic rings. The molecule has 0 radical (unpaired) electrons. The highest BCUT2D eigenvalue weighted by molar-refractivity contribution is 6.52. The number of carbonyl (C=O) groups excluding carboxylic acids is 2. The fourth-order valence-corrected chi connectivity index (χ4v) is 4.49. The van der Waals surface area contributed by atoms with Crippen LogP contribution in [0.5, 0.6) is 11.5 Å². The molecule has 8 heteroatoms. The molecule has 0 saturated carbocycles. The van der Waals surface area contributed by atoms with Gasteiger partial charge in [-0.05, 0) is 60.4 Å². The van der Waals surface area contributed by atoms with Gasteiger partial charge in [-0.25, -0.2) is 0 Å². The van der Waals surface area contributed by atoms with Crippen molar-refractivity contribution in [3.05, 3.63) is 88.2 Å². The molecule has 1 atom stereocenters. The van der Waals surface area contributed by atoms with E-state index in [-0.39, 0.29) is 33.2 Å². The fourth-order valence-electron chi connectivity index (χ4n) is 4.32. The molecule has 1 fully saturated rings. The van der Waals surface area contributed by atoms with Crippen molar-refractivity contribution in [3.63, 3.8) is 0 Å². The summed E-state index contributed by atoms with van der Waals surface area (Å²) in [5.41, 5.74) is 1.32. The van der Waals surface area contributed by atoms with Gasteiger partial charge in [0.25, 0.3) is 11.7 Å². The molecule has 1 unspecified atom stereocenters. The second-order valence-corrected chi connectivity index (χ2v) is 9.92. The van der Waals surface area contributed by atoms with Crippen LogP contribution in [0.1, 0.15) is 50.4 Å². The van der Waals surface area contributed by atoms with Crippen molar-refractivity contribution < 1.29 is 24.5 Å². The number of Topliss-reactive ketones (excluding diaryl/α,β-unsaturated/α-hetero) is 1. The summed E-state index contributed by atoms with van der Waals surface area (Å²) in [4.78, 5) is 31.9. The molecule has 3 aromatic rings. The van der Waals surface area contributed by atoms with Crippen molar-refractivity contribution in [2.24, 2.45) is 0 Å². The van der Waals surface area contributed by atoms with E-state index in [9.17, 15) is 19.8 Å². The maximum Gasteiger partial charge on any atom is 0.300 e. The summed E-state index contributed by atoms with van der Waals surface area (Å²) >= 11 is 6.15. The zero-order chi connectivity index (χ0) is 26.2. The average molecular weight is 507 g/mol. The number of aliphatic hydroxyl groups is 1. The highest BCUT2D eigenvalue weighted by atomic mass is 35.5. The van der Waals surface area contributed by atoms with E-state index < -0.39 is 17.7 Å². The first-order valence-electron chi connectivity index (χ1n) is 11.5. The van der Waals surface area contributed by atoms with Crippen molar-refractivity contribution in [2.75, 3.05) is 11.5 Å². The van der Waals surface area contributed by atoms with Crippen molar-refractivity contribution >= 4 is 34.7 Å². The Morgan fingerprint density at radius 3 is 2.53 bits per heavy atom. The van der Waals surface area contributed by atoms with Crippen LogP contribution in [0.25, 0.3) is 5.76 Å². The number of aliphatic hydroxyl groups excluding tert-OH is 1. The quantitative estimate of drug-likeness (QED) is 0.259. The minimum atomic E-state index is -1.03. The first-order chi connectivity index (χ1) is 17.0. The van der Waals surface area contributed by atoms with Crippen LogP contribution < -0.4 is 9.64 Å². The summed E-state index contributed by atoms with van der Waals surface area (Å²) in [6, 6.07) is 11.7. The van der Waals surface area contributed by atoms with Crippen molar-refractivity contribution in [3.8, 4) is 11.5 Å². The first kappa shape index (κ1) is 25.3. The van der Waals surface area contributed by atoms with Crippen molar-refractivity contribution in [1.82, 2.24) is 4.98 Å². The van der Waals surface area contributed by atoms with Crippen molar-refractivity contribution in [2.45, 2.75) is 39.2 Å². The normalized spacial score (nSPS) is 17.5. The molecule has 0 bridgehead atoms. The summed E-state index contributed by atoms with van der Waals surface area (Å²) in [7, 11) is 0. The van der Waals surface area contributed by atoms with Gasteiger partial charge in [0.1, 0.15) is 17.3 Å². The smallest absolute Gasteiger partial charge is 0.300 e. The molecule has 2 N–H and O–H groups in total. The Bertz CT molecular complexity index is 1360. The number of hydrogen-bond donors (Lipinski definition) is 2. The minimum absolute atomic E-state index is 0.0552. The summed E-state index contributed by atoms with van der Waals surface area (Å²) < 4.78 is 5.78. The number of benzene rings is 2. The molecule has 7 nitrogen and oxygen atoms in total. The second kappa shape index (κ2) is 9.66. The number of pyridine rings is 1. The van der Waals surface area contributed by atoms with Crippen molar-refractivity contribution in [1.29, 1.82) is 0 Å². The highest BCUT2D eigenvalue weighted by Crippen LogP contribution is 2.45. The molecule has 1 aliphatic heterocycles. The Labute approximate surface area is 214 Å². The van der Waals surface area contributed by atoms with Crippen LogP contribution in [0, 0.1) is 0 Å². The molecule has 0 spiro atoms. The number of carbonyl (C=O) groups is 2. The molecular weight excluding hydrogens is 480 g/mol. The van der Waals surface area contributed by atoms with Gasteiger partial charge in [0.2, 0.25) is 0 Å². The Hall–Kier alpha value is -3.84. The second-order valence-electron chi connectivity index (χ2n) is 9.48. The summed E-state index contributed by atoms with van der Waals surface area (Å²) in [6.45, 7) is 8.42. The third-order valence-electron chi connectivity index (χ3n) is 6.00. The fraction of sp³-hybridized carbons (Fsp3) is 0.250. The number of ether oxygens (including phenoxy) is 1. The number of phenolic OH excluding ortho intramolecular Hbond substituents is 1. The number of rotatable bonds is 5. The van der Waals surface area contributed by atoms with Gasteiger partial charge in [-0.15, -0.1) is 0 Å². The topological polar surface area (TPSA) is 100.0 Å². The number of nitrogens with zero attached hydrogens (tertiary/aromatic N) is 2. The number of amides is 1. The van der Waals surface area contributed by atoms with E-state index in [0.717, 1.165) is 10.5 Å². The standard InChI is InChI=1S/C28H27ClN2O5/c1-5-36-22-11-8-16(13-19(22)28(2,3)4)25(33)23-24(17-7-6-12-30-15-17)31(27(35)26(23)34)20-14-18(29)9-10-21(20)32/h6-15,24,32-33H,5H2,1-4H3/b25-23-. The number of hydrogen-bond acceptors (Lipinski definition) is 6. The van der Waals surface area contributed by atoms with Gasteiger partial charge in [0.15, 0.2) is 0 Å². The molecule has 36 heavy (non-hydrogen) atoms. The predicted octanol–water partition coefficient (Wildman–Crippen LogP) is 5.76. The number of phenols is 1. The molecular formula is C28H27ClN2O5. The zero-order valence-electron chi connectivity index (χ0n) is 20.4. The van der Waals surface area contributed by atoms with Crippen LogP contribution in [0.4, 0.5) is 5.69 Å². The summed E-state index contributed by atoms with van der Waals surface area (Å²) in [5, 5.41) is 22.3. The van der Waals surface area contributed by atoms with Gasteiger partial charge in [-0.1, -0.05) is 38.4 Å². The molecule has 1 saturated heterocycles. The molecule has 2 aromatic carbocycles. The van der Waals surface area contributed by atoms with E-state index in [1.54, 1.807) is 36.5 Å². The summed E-state index contributed by atoms with van der Waals surface area (Å²) in [5.74, 6) is -1.67. The highest BCUT2D eigenvalue weighted by Gasteiger charge is 2.48. The maximum atomic E-state index is 13.4. The lowest BCUT2D eigenvalue weighted by Crippen LogP contribution is -2.29. The first-order valence-corrected chi connectivity index (χ1v) is 11.9. The van der Waals surface area contributed by atoms with E-state index >= 15 is 0 Å². The van der Waals surface area contributed by atoms with E-state index in [1.165, 1.54) is 24.4 Å². The lowest BCUT2D eigenvalue weighted by Gasteiger charge is -2.26. The molecule has 2 heterocycles. The van der Waals surface area contributed by atoms with E-state index in [2.05, 4.69) is 4.98 Å². The van der Waals surface area contributed by atoms with Crippen LogP contribution in [0.3, 0.4) is 0 Å². The van der Waals surface area contributed by atoms with Gasteiger partial charge < -0.3 is 14.9 Å². The molecule has 0 aliphatic carbocycles. The van der Waals surface area contributed by atoms with Crippen LogP contribution in [-0.2, 0) is 15.0 Å². The van der Waals surface area contributed by atoms with E-state index in [1.807, 2.05) is 27.7 Å². The minimum Gasteiger partial charge on any atom is -0.507 e. The number of aromatic hydroxyl groups is 1. The van der Waals surface area contributed by atoms with E-state index in [4.69, 9.17) is 16.3 Å². The molecule has 1 aromatic heterocycles. The Morgan fingerprint density at radius 1 is 1.14 bits per heavy atom. The number of ketones is 1. The third-order valence-corrected chi connectivity index (χ3v) is 6.24. The number of halogens is 1. The number of anilines is 1. The van der Waals surface area contributed by atoms with Gasteiger partial charge in [-0.3, -0.25) is 19.5 Å². The van der Waals surface area contributed by atoms with Crippen LogP contribution in [0.15, 0.2) is 66.5 Å². The Morgan fingerprint density at radius 2 is 1.89 bits per heavy atom. The van der Waals surface area contributed by atoms with Gasteiger partial charge in [0.05, 0.1) is 23.9 Å². The number of aromatic nitrogens is 1. The predicted molar refractivity (Wildman–Crippen MR) is 138 cm³/mol. The third kappa shape index (κ3) is 4.54. The zero-order valence-corrected chi connectivity index (χ0v) is 21.2. The SMILES string of the molecule is CCOc1ccc(/C(O)=C2/C(=O)C(=O)N(c3cc(Cl)ccc3O)C2c2cccnc2)cc1C(C)(C)C. The lowest BCUT2D eigenvalue weighted by molar-refractivity contribution is -0.132. The molecule has 186 valence electrons. The van der Waals surface area contributed by atoms with Gasteiger partial charge >= 0.3 is 0 Å². The monoisotopic (exact) mass is 506 g/mol. The van der Waals surface area contributed by atoms with Crippen LogP contribution in [0.2, 0.25) is 5.02 Å². The molecule has 1 amide bonds. The lowest BCUT2D eigenvalue weighted by atomic mass is 9.84. The van der Waals surface area contributed by atoms with Gasteiger partial charge in [-0.2, -0.15) is 0 Å². The summed E-state index contributed by atoms with van der Waals surface area (Å²) in [6.07, 6.45) is 3.08. The maximum absolute atomic E-state index is 13.4. The average Bonchev–Trinajstić information content (AvgIpc) is 3.11. The van der Waals surface area contributed by atoms with E-state index in [0.29, 0.717) is 23.5 Å². The Kier molecular flexibility index (Phi) is 6.78. The Balaban J connectivity index is 1.96. The largest absolute Gasteiger partial charge is 0.507 e. The van der Waals surface area contributed by atoms with Crippen LogP contribution >= 0.6 is 11.6 Å². The molecule has 4 rings (SSSR count). The van der Waals surface area contributed by atoms with Crippen LogP contribution in [-0.4, -0.2) is 33.5 Å².